The van der Waals surface area contributed by atoms with Crippen molar-refractivity contribution >= 4 is 44.3 Å². The standard InChI is InChI=1S/C14H9BrClFO3S/c15-9-2-1-8(12(16)5-9)7-21(20)10-3-4-13(17)11(6-10)14(18)19/h1-6H,7H2,(H,18,19). The summed E-state index contributed by atoms with van der Waals surface area (Å²) >= 11 is 9.32. The molecule has 0 spiro atoms. The minimum absolute atomic E-state index is 0.122. The van der Waals surface area contributed by atoms with Gasteiger partial charge in [0.05, 0.1) is 22.1 Å². The van der Waals surface area contributed by atoms with E-state index >= 15 is 0 Å². The highest BCUT2D eigenvalue weighted by Gasteiger charge is 2.15. The first-order chi connectivity index (χ1) is 9.88. The highest BCUT2D eigenvalue weighted by molar-refractivity contribution is 9.10. The molecule has 0 fully saturated rings. The van der Waals surface area contributed by atoms with Gasteiger partial charge in [0.15, 0.2) is 0 Å². The minimum Gasteiger partial charge on any atom is -0.478 e. The summed E-state index contributed by atoms with van der Waals surface area (Å²) in [6.07, 6.45) is 0. The first kappa shape index (κ1) is 16.1. The zero-order chi connectivity index (χ0) is 15.6. The molecule has 0 radical (unpaired) electrons. The van der Waals surface area contributed by atoms with Gasteiger partial charge in [-0.15, -0.1) is 0 Å². The van der Waals surface area contributed by atoms with E-state index in [2.05, 4.69) is 15.9 Å². The maximum absolute atomic E-state index is 13.3. The van der Waals surface area contributed by atoms with Crippen molar-refractivity contribution < 1.29 is 18.5 Å². The molecule has 0 heterocycles. The van der Waals surface area contributed by atoms with Crippen LogP contribution in [0.15, 0.2) is 45.8 Å². The van der Waals surface area contributed by atoms with E-state index in [0.29, 0.717) is 10.6 Å². The van der Waals surface area contributed by atoms with E-state index in [-0.39, 0.29) is 10.6 Å². The Morgan fingerprint density at radius 2 is 2.00 bits per heavy atom. The van der Waals surface area contributed by atoms with Gasteiger partial charge in [0.1, 0.15) is 5.82 Å². The average Bonchev–Trinajstić information content (AvgIpc) is 2.42. The third-order valence-corrected chi connectivity index (χ3v) is 4.93. The van der Waals surface area contributed by atoms with Crippen molar-refractivity contribution in [3.63, 3.8) is 0 Å². The summed E-state index contributed by atoms with van der Waals surface area (Å²) in [6.45, 7) is 0. The number of halogens is 3. The maximum atomic E-state index is 13.3. The lowest BCUT2D eigenvalue weighted by atomic mass is 10.2. The SMILES string of the molecule is O=C(O)c1cc(S(=O)Cc2ccc(Br)cc2Cl)ccc1F. The predicted molar refractivity (Wildman–Crippen MR) is 82.6 cm³/mol. The fourth-order valence-corrected chi connectivity index (χ4v) is 3.66. The van der Waals surface area contributed by atoms with Crippen LogP contribution >= 0.6 is 27.5 Å². The summed E-state index contributed by atoms with van der Waals surface area (Å²) in [5.41, 5.74) is 0.169. The molecular formula is C14H9BrClFO3S. The molecule has 1 atom stereocenters. The van der Waals surface area contributed by atoms with Crippen LogP contribution in [0.25, 0.3) is 0 Å². The molecule has 110 valence electrons. The molecule has 1 N–H and O–H groups in total. The molecule has 0 bridgehead atoms. The Morgan fingerprint density at radius 1 is 1.29 bits per heavy atom. The van der Waals surface area contributed by atoms with Gasteiger partial charge >= 0.3 is 5.97 Å². The molecule has 0 aliphatic rings. The number of carbonyl (C=O) groups is 1. The van der Waals surface area contributed by atoms with Crippen LogP contribution in [0.1, 0.15) is 15.9 Å². The molecule has 0 saturated carbocycles. The molecule has 0 aliphatic carbocycles. The minimum atomic E-state index is -1.52. The Bertz CT molecular complexity index is 736. The lowest BCUT2D eigenvalue weighted by Crippen LogP contribution is -2.04. The van der Waals surface area contributed by atoms with Gasteiger partial charge in [0.2, 0.25) is 0 Å². The van der Waals surface area contributed by atoms with Gasteiger partial charge in [-0.2, -0.15) is 0 Å². The summed E-state index contributed by atoms with van der Waals surface area (Å²) in [7, 11) is -1.52. The third-order valence-electron chi connectivity index (χ3n) is 2.73. The average molecular weight is 392 g/mol. The second-order valence-corrected chi connectivity index (χ2v) is 6.95. The Kier molecular flexibility index (Phi) is 5.13. The van der Waals surface area contributed by atoms with Crippen LogP contribution in [0.3, 0.4) is 0 Å². The Labute approximate surface area is 136 Å². The molecule has 7 heteroatoms. The Balaban J connectivity index is 2.28. The summed E-state index contributed by atoms with van der Waals surface area (Å²) in [6, 6.07) is 8.57. The van der Waals surface area contributed by atoms with Gasteiger partial charge < -0.3 is 5.11 Å². The number of carboxylic acid groups (broad SMARTS) is 1. The number of hydrogen-bond acceptors (Lipinski definition) is 2. The van der Waals surface area contributed by atoms with Gasteiger partial charge in [-0.05, 0) is 35.9 Å². The van der Waals surface area contributed by atoms with Gasteiger partial charge in [0.25, 0.3) is 0 Å². The van der Waals surface area contributed by atoms with E-state index in [1.54, 1.807) is 18.2 Å². The molecule has 0 aliphatic heterocycles. The van der Waals surface area contributed by atoms with Crippen LogP contribution < -0.4 is 0 Å². The van der Waals surface area contributed by atoms with Crippen molar-refractivity contribution in [3.8, 4) is 0 Å². The van der Waals surface area contributed by atoms with Crippen LogP contribution in [-0.2, 0) is 16.6 Å². The first-order valence-electron chi connectivity index (χ1n) is 5.73. The zero-order valence-corrected chi connectivity index (χ0v) is 13.6. The van der Waals surface area contributed by atoms with E-state index < -0.39 is 28.1 Å². The van der Waals surface area contributed by atoms with Crippen LogP contribution in [-0.4, -0.2) is 15.3 Å². The van der Waals surface area contributed by atoms with Gasteiger partial charge in [0, 0.05) is 14.4 Å². The van der Waals surface area contributed by atoms with Crippen molar-refractivity contribution in [1.29, 1.82) is 0 Å². The van der Waals surface area contributed by atoms with E-state index in [4.69, 9.17) is 16.7 Å². The molecule has 2 rings (SSSR count). The molecule has 0 amide bonds. The molecule has 2 aromatic rings. The second-order valence-electron chi connectivity index (χ2n) is 4.17. The summed E-state index contributed by atoms with van der Waals surface area (Å²) in [4.78, 5) is 11.1. The van der Waals surface area contributed by atoms with E-state index in [0.717, 1.165) is 16.6 Å². The number of carboxylic acids is 1. The highest BCUT2D eigenvalue weighted by Crippen LogP contribution is 2.24. The molecule has 0 saturated heterocycles. The van der Waals surface area contributed by atoms with Gasteiger partial charge in [-0.3, -0.25) is 4.21 Å². The Hall–Kier alpha value is -1.24. The molecule has 21 heavy (non-hydrogen) atoms. The number of benzene rings is 2. The molecule has 3 nitrogen and oxygen atoms in total. The van der Waals surface area contributed by atoms with E-state index in [9.17, 15) is 13.4 Å². The first-order valence-corrected chi connectivity index (χ1v) is 8.22. The monoisotopic (exact) mass is 390 g/mol. The topological polar surface area (TPSA) is 54.4 Å². The quantitative estimate of drug-likeness (QED) is 0.848. The van der Waals surface area contributed by atoms with Gasteiger partial charge in [-0.25, -0.2) is 9.18 Å². The molecule has 2 aromatic carbocycles. The van der Waals surface area contributed by atoms with Crippen molar-refractivity contribution in [2.24, 2.45) is 0 Å². The van der Waals surface area contributed by atoms with Crippen molar-refractivity contribution in [2.45, 2.75) is 10.6 Å². The van der Waals surface area contributed by atoms with Crippen molar-refractivity contribution in [1.82, 2.24) is 0 Å². The Morgan fingerprint density at radius 3 is 2.62 bits per heavy atom. The highest BCUT2D eigenvalue weighted by atomic mass is 79.9. The summed E-state index contributed by atoms with van der Waals surface area (Å²) < 4.78 is 26.4. The maximum Gasteiger partial charge on any atom is 0.338 e. The lowest BCUT2D eigenvalue weighted by molar-refractivity contribution is 0.0691. The number of aromatic carboxylic acids is 1. The number of rotatable bonds is 4. The van der Waals surface area contributed by atoms with Crippen LogP contribution in [0, 0.1) is 5.82 Å². The summed E-state index contributed by atoms with van der Waals surface area (Å²) in [5, 5.41) is 9.33. The fourth-order valence-electron chi connectivity index (χ4n) is 1.67. The van der Waals surface area contributed by atoms with Crippen LogP contribution in [0.2, 0.25) is 5.02 Å². The van der Waals surface area contributed by atoms with Crippen LogP contribution in [0.4, 0.5) is 4.39 Å². The van der Waals surface area contributed by atoms with E-state index in [1.807, 2.05) is 0 Å². The molecule has 1 unspecified atom stereocenters. The predicted octanol–water partition coefficient (Wildman–Crippen LogP) is 4.25. The molecular weight excluding hydrogens is 383 g/mol. The largest absolute Gasteiger partial charge is 0.478 e. The summed E-state index contributed by atoms with van der Waals surface area (Å²) in [5.74, 6) is -2.13. The normalized spacial score (nSPS) is 12.1. The molecule has 0 aromatic heterocycles. The number of hydrogen-bond donors (Lipinski definition) is 1. The van der Waals surface area contributed by atoms with Gasteiger partial charge in [-0.1, -0.05) is 33.6 Å². The van der Waals surface area contributed by atoms with Crippen LogP contribution in [0.5, 0.6) is 0 Å². The third kappa shape index (κ3) is 3.90. The smallest absolute Gasteiger partial charge is 0.338 e. The fraction of sp³-hybridized carbons (Fsp3) is 0.0714. The second kappa shape index (κ2) is 6.68. The van der Waals surface area contributed by atoms with E-state index in [1.165, 1.54) is 6.07 Å². The van der Waals surface area contributed by atoms with Crippen molar-refractivity contribution in [2.75, 3.05) is 0 Å². The van der Waals surface area contributed by atoms with Crippen molar-refractivity contribution in [3.05, 3.63) is 62.8 Å². The zero-order valence-electron chi connectivity index (χ0n) is 10.5. The lowest BCUT2D eigenvalue weighted by Gasteiger charge is -2.07.